The van der Waals surface area contributed by atoms with Crippen LogP contribution in [-0.2, 0) is 0 Å². The van der Waals surface area contributed by atoms with Crippen molar-refractivity contribution >= 4 is 11.6 Å². The summed E-state index contributed by atoms with van der Waals surface area (Å²) in [5.74, 6) is 0.604. The fraction of sp³-hybridized carbons (Fsp3) is 0.167. The Morgan fingerprint density at radius 2 is 1.94 bits per heavy atom. The third-order valence-electron chi connectivity index (χ3n) is 2.24. The minimum Gasteiger partial charge on any atom is -0.389 e. The number of aliphatic hydroxyl groups excluding tert-OH is 1. The van der Waals surface area contributed by atoms with Crippen LogP contribution in [0.25, 0.3) is 11.4 Å². The van der Waals surface area contributed by atoms with Crippen LogP contribution in [0.1, 0.15) is 18.6 Å². The highest BCUT2D eigenvalue weighted by Gasteiger charge is 2.04. The number of benzene rings is 1. The van der Waals surface area contributed by atoms with Crippen LogP contribution in [0.3, 0.4) is 0 Å². The molecule has 16 heavy (non-hydrogen) atoms. The maximum absolute atomic E-state index is 9.33. The summed E-state index contributed by atoms with van der Waals surface area (Å²) in [7, 11) is 0. The zero-order valence-corrected chi connectivity index (χ0v) is 9.52. The van der Waals surface area contributed by atoms with Gasteiger partial charge in [-0.15, -0.1) is 0 Å². The van der Waals surface area contributed by atoms with E-state index < -0.39 is 6.10 Å². The van der Waals surface area contributed by atoms with Gasteiger partial charge in [0.05, 0.1) is 6.10 Å². The highest BCUT2D eigenvalue weighted by molar-refractivity contribution is 6.30. The van der Waals surface area contributed by atoms with E-state index in [1.165, 1.54) is 0 Å². The van der Waals surface area contributed by atoms with Crippen LogP contribution in [0.5, 0.6) is 0 Å². The second-order valence-electron chi connectivity index (χ2n) is 3.53. The van der Waals surface area contributed by atoms with Crippen molar-refractivity contribution in [2.75, 3.05) is 0 Å². The molecule has 1 aromatic heterocycles. The molecule has 1 aromatic carbocycles. The third kappa shape index (κ3) is 2.38. The maximum Gasteiger partial charge on any atom is 0.159 e. The van der Waals surface area contributed by atoms with E-state index in [1.807, 2.05) is 12.1 Å². The standard InChI is InChI=1S/C12H11ClN2O/c1-8(16)10-6-14-12(15-7-10)9-3-2-4-11(13)5-9/h2-8,16H,1H3/t8-/m1/s1. The lowest BCUT2D eigenvalue weighted by molar-refractivity contribution is 0.198. The van der Waals surface area contributed by atoms with Gasteiger partial charge in [0.1, 0.15) is 0 Å². The van der Waals surface area contributed by atoms with Gasteiger partial charge in [-0.3, -0.25) is 0 Å². The van der Waals surface area contributed by atoms with Gasteiger partial charge < -0.3 is 5.11 Å². The fourth-order valence-corrected chi connectivity index (χ4v) is 1.52. The van der Waals surface area contributed by atoms with E-state index in [2.05, 4.69) is 9.97 Å². The zero-order valence-electron chi connectivity index (χ0n) is 8.76. The average molecular weight is 235 g/mol. The summed E-state index contributed by atoms with van der Waals surface area (Å²) in [6.07, 6.45) is 2.69. The largest absolute Gasteiger partial charge is 0.389 e. The molecule has 1 N–H and O–H groups in total. The van der Waals surface area contributed by atoms with Gasteiger partial charge in [0, 0.05) is 28.5 Å². The smallest absolute Gasteiger partial charge is 0.159 e. The second-order valence-corrected chi connectivity index (χ2v) is 3.96. The van der Waals surface area contributed by atoms with Gasteiger partial charge in [0.25, 0.3) is 0 Å². The number of nitrogens with zero attached hydrogens (tertiary/aromatic N) is 2. The Hall–Kier alpha value is -1.45. The summed E-state index contributed by atoms with van der Waals surface area (Å²) in [6, 6.07) is 7.35. The Morgan fingerprint density at radius 1 is 1.25 bits per heavy atom. The van der Waals surface area contributed by atoms with Crippen molar-refractivity contribution in [1.29, 1.82) is 0 Å². The lowest BCUT2D eigenvalue weighted by Crippen LogP contribution is -1.95. The van der Waals surface area contributed by atoms with Crippen molar-refractivity contribution in [2.24, 2.45) is 0 Å². The van der Waals surface area contributed by atoms with Crippen molar-refractivity contribution in [3.8, 4) is 11.4 Å². The first kappa shape index (κ1) is 11.0. The highest BCUT2D eigenvalue weighted by Crippen LogP contribution is 2.19. The summed E-state index contributed by atoms with van der Waals surface area (Å²) in [4.78, 5) is 8.36. The summed E-state index contributed by atoms with van der Waals surface area (Å²) < 4.78 is 0. The van der Waals surface area contributed by atoms with E-state index in [0.29, 0.717) is 16.4 Å². The SMILES string of the molecule is C[C@@H](O)c1cnc(-c2cccc(Cl)c2)nc1. The molecule has 1 heterocycles. The normalized spacial score (nSPS) is 12.4. The topological polar surface area (TPSA) is 46.0 Å². The lowest BCUT2D eigenvalue weighted by Gasteiger charge is -2.04. The first-order chi connectivity index (χ1) is 7.66. The molecular formula is C12H11ClN2O. The molecule has 3 nitrogen and oxygen atoms in total. The van der Waals surface area contributed by atoms with Crippen molar-refractivity contribution in [1.82, 2.24) is 9.97 Å². The second kappa shape index (κ2) is 4.60. The van der Waals surface area contributed by atoms with Crippen LogP contribution in [0.2, 0.25) is 5.02 Å². The third-order valence-corrected chi connectivity index (χ3v) is 2.47. The number of hydrogen-bond acceptors (Lipinski definition) is 3. The molecule has 0 spiro atoms. The fourth-order valence-electron chi connectivity index (χ4n) is 1.33. The lowest BCUT2D eigenvalue weighted by atomic mass is 10.2. The quantitative estimate of drug-likeness (QED) is 0.869. The molecule has 0 saturated carbocycles. The first-order valence-electron chi connectivity index (χ1n) is 4.93. The molecule has 0 amide bonds. The van der Waals surface area contributed by atoms with Crippen molar-refractivity contribution in [2.45, 2.75) is 13.0 Å². The summed E-state index contributed by atoms with van der Waals surface area (Å²) in [5, 5.41) is 9.98. The van der Waals surface area contributed by atoms with Crippen molar-refractivity contribution in [3.05, 3.63) is 47.2 Å². The first-order valence-corrected chi connectivity index (χ1v) is 5.30. The van der Waals surface area contributed by atoms with Gasteiger partial charge >= 0.3 is 0 Å². The van der Waals surface area contributed by atoms with Crippen LogP contribution < -0.4 is 0 Å². The van der Waals surface area contributed by atoms with E-state index in [-0.39, 0.29) is 0 Å². The van der Waals surface area contributed by atoms with E-state index in [0.717, 1.165) is 5.56 Å². The molecule has 1 atom stereocenters. The van der Waals surface area contributed by atoms with E-state index in [1.54, 1.807) is 31.5 Å². The summed E-state index contributed by atoms with van der Waals surface area (Å²) >= 11 is 5.88. The number of aromatic nitrogens is 2. The Balaban J connectivity index is 2.35. The molecule has 0 aliphatic heterocycles. The molecule has 2 rings (SSSR count). The number of aliphatic hydroxyl groups is 1. The van der Waals surface area contributed by atoms with E-state index in [4.69, 9.17) is 11.6 Å². The Bertz CT molecular complexity index is 483. The highest BCUT2D eigenvalue weighted by atomic mass is 35.5. The molecule has 4 heteroatoms. The molecular weight excluding hydrogens is 224 g/mol. The molecule has 0 bridgehead atoms. The predicted molar refractivity (Wildman–Crippen MR) is 63.1 cm³/mol. The minimum absolute atomic E-state index is 0.548. The summed E-state index contributed by atoms with van der Waals surface area (Å²) in [5.41, 5.74) is 1.57. The molecule has 0 fully saturated rings. The van der Waals surface area contributed by atoms with Gasteiger partial charge in [0.15, 0.2) is 5.82 Å². The van der Waals surface area contributed by atoms with Crippen molar-refractivity contribution in [3.63, 3.8) is 0 Å². The molecule has 0 aliphatic rings. The van der Waals surface area contributed by atoms with Crippen LogP contribution in [-0.4, -0.2) is 15.1 Å². The van der Waals surface area contributed by atoms with E-state index in [9.17, 15) is 5.11 Å². The van der Waals surface area contributed by atoms with Crippen molar-refractivity contribution < 1.29 is 5.11 Å². The predicted octanol–water partition coefficient (Wildman–Crippen LogP) is 2.85. The molecule has 0 aliphatic carbocycles. The van der Waals surface area contributed by atoms with E-state index >= 15 is 0 Å². The average Bonchev–Trinajstić information content (AvgIpc) is 2.29. The molecule has 82 valence electrons. The number of hydrogen-bond donors (Lipinski definition) is 1. The summed E-state index contributed by atoms with van der Waals surface area (Å²) in [6.45, 7) is 1.68. The monoisotopic (exact) mass is 234 g/mol. The number of rotatable bonds is 2. The number of halogens is 1. The Labute approximate surface area is 98.8 Å². The van der Waals surface area contributed by atoms with Gasteiger partial charge in [-0.2, -0.15) is 0 Å². The molecule has 0 radical (unpaired) electrons. The van der Waals surface area contributed by atoms with Crippen LogP contribution >= 0.6 is 11.6 Å². The Morgan fingerprint density at radius 3 is 2.50 bits per heavy atom. The zero-order chi connectivity index (χ0) is 11.5. The van der Waals surface area contributed by atoms with Crippen LogP contribution in [0.15, 0.2) is 36.7 Å². The maximum atomic E-state index is 9.33. The van der Waals surface area contributed by atoms with Crippen LogP contribution in [0, 0.1) is 0 Å². The Kier molecular flexibility index (Phi) is 3.17. The molecule has 0 saturated heterocycles. The molecule has 2 aromatic rings. The minimum atomic E-state index is -0.548. The van der Waals surface area contributed by atoms with Gasteiger partial charge in [0.2, 0.25) is 0 Å². The molecule has 0 unspecified atom stereocenters. The van der Waals surface area contributed by atoms with Crippen LogP contribution in [0.4, 0.5) is 0 Å². The van der Waals surface area contributed by atoms with Gasteiger partial charge in [-0.1, -0.05) is 23.7 Å². The van der Waals surface area contributed by atoms with Gasteiger partial charge in [-0.25, -0.2) is 9.97 Å². The van der Waals surface area contributed by atoms with Gasteiger partial charge in [-0.05, 0) is 19.1 Å².